The van der Waals surface area contributed by atoms with Crippen LogP contribution in [-0.2, 0) is 14.5 Å². The van der Waals surface area contributed by atoms with E-state index in [1.165, 1.54) is 33.6 Å². The summed E-state index contributed by atoms with van der Waals surface area (Å²) in [6.07, 6.45) is 4.72. The van der Waals surface area contributed by atoms with E-state index in [-0.39, 0.29) is 28.6 Å². The highest BCUT2D eigenvalue weighted by Gasteiger charge is 2.30. The molecule has 2 heterocycles. The number of para-hydroxylation sites is 1. The topological polar surface area (TPSA) is 160 Å². The van der Waals surface area contributed by atoms with Gasteiger partial charge in [-0.05, 0) is 38.8 Å². The Morgan fingerprint density at radius 1 is 1.13 bits per heavy atom. The summed E-state index contributed by atoms with van der Waals surface area (Å²) in [7, 11) is 1.88. The van der Waals surface area contributed by atoms with E-state index in [9.17, 15) is 13.8 Å². The van der Waals surface area contributed by atoms with Crippen LogP contribution in [0.1, 0.15) is 37.2 Å². The molecule has 1 aromatic carbocycles. The maximum Gasteiger partial charge on any atom is 0.273 e. The maximum absolute atomic E-state index is 13.2. The number of nitrogens with one attached hydrogen (secondary N) is 3. The minimum Gasteiger partial charge on any atom is -0.494 e. The molecule has 2 amide bonds. The third-order valence-electron chi connectivity index (χ3n) is 6.04. The standard InChI is InChI=1S/C25H30N8O4S/c1-14(2)38(36,27-4)16-12-28-23(29-13-16)17-7-6-8-18(22(17)37-5)30-19-11-20(31-24(34)15-9-10-15)32-33-21(19)25(35)26-3/h6-8,11-15H,9-10H2,1-5H3,(H,26,35)(H2,30,31,32,34). The number of rotatable bonds is 9. The molecule has 38 heavy (non-hydrogen) atoms. The number of nitrogens with zero attached hydrogens (tertiary/aromatic N) is 5. The molecule has 1 aliphatic carbocycles. The first-order valence-corrected chi connectivity index (χ1v) is 13.6. The minimum absolute atomic E-state index is 0.0186. The van der Waals surface area contributed by atoms with Crippen molar-refractivity contribution >= 4 is 38.7 Å². The minimum atomic E-state index is -2.64. The molecule has 4 rings (SSSR count). The summed E-state index contributed by atoms with van der Waals surface area (Å²) in [4.78, 5) is 34.0. The zero-order chi connectivity index (χ0) is 27.4. The average Bonchev–Trinajstić information content (AvgIpc) is 3.78. The Morgan fingerprint density at radius 2 is 1.84 bits per heavy atom. The number of ether oxygens (including phenoxy) is 1. The lowest BCUT2D eigenvalue weighted by Crippen LogP contribution is -2.22. The molecule has 1 saturated carbocycles. The molecule has 0 aliphatic heterocycles. The number of amides is 2. The first-order chi connectivity index (χ1) is 18.2. The van der Waals surface area contributed by atoms with Gasteiger partial charge in [0.2, 0.25) is 5.91 Å². The normalized spacial score (nSPS) is 14.4. The second-order valence-corrected chi connectivity index (χ2v) is 11.8. The van der Waals surface area contributed by atoms with Gasteiger partial charge in [-0.1, -0.05) is 6.07 Å². The maximum atomic E-state index is 13.2. The van der Waals surface area contributed by atoms with Gasteiger partial charge >= 0.3 is 0 Å². The predicted octanol–water partition coefficient (Wildman–Crippen LogP) is 3.26. The van der Waals surface area contributed by atoms with Gasteiger partial charge in [0.05, 0.1) is 38.7 Å². The van der Waals surface area contributed by atoms with Crippen LogP contribution in [0.2, 0.25) is 0 Å². The number of hydrogen-bond acceptors (Lipinski definition) is 10. The lowest BCUT2D eigenvalue weighted by Gasteiger charge is -2.17. The van der Waals surface area contributed by atoms with Gasteiger partial charge < -0.3 is 20.7 Å². The van der Waals surface area contributed by atoms with Crippen LogP contribution in [0.25, 0.3) is 11.4 Å². The second-order valence-electron chi connectivity index (χ2n) is 8.89. The van der Waals surface area contributed by atoms with Gasteiger partial charge in [-0.15, -0.1) is 10.2 Å². The van der Waals surface area contributed by atoms with E-state index >= 15 is 0 Å². The Labute approximate surface area is 221 Å². The largest absolute Gasteiger partial charge is 0.494 e. The van der Waals surface area contributed by atoms with Crippen molar-refractivity contribution in [1.29, 1.82) is 0 Å². The van der Waals surface area contributed by atoms with Gasteiger partial charge in [0, 0.05) is 43.7 Å². The SMILES string of the molecule is CN=S(=O)(c1cnc(-c2cccc(Nc3cc(NC(=O)C4CC4)nnc3C(=O)NC)c2OC)nc1)C(C)C. The van der Waals surface area contributed by atoms with E-state index in [4.69, 9.17) is 4.74 Å². The molecule has 3 aromatic rings. The predicted molar refractivity (Wildman–Crippen MR) is 144 cm³/mol. The zero-order valence-corrected chi connectivity index (χ0v) is 22.6. The van der Waals surface area contributed by atoms with Crippen molar-refractivity contribution in [3.8, 4) is 17.1 Å². The summed E-state index contributed by atoms with van der Waals surface area (Å²) in [5.74, 6) is 0.386. The van der Waals surface area contributed by atoms with Crippen molar-refractivity contribution < 1.29 is 18.5 Å². The number of methoxy groups -OCH3 is 1. The van der Waals surface area contributed by atoms with Crippen LogP contribution < -0.4 is 20.7 Å². The van der Waals surface area contributed by atoms with Gasteiger partial charge in [-0.3, -0.25) is 9.59 Å². The Bertz CT molecular complexity index is 1480. The number of anilines is 3. The molecule has 2 aromatic heterocycles. The fourth-order valence-corrected chi connectivity index (χ4v) is 5.36. The van der Waals surface area contributed by atoms with Crippen LogP contribution in [0.3, 0.4) is 0 Å². The number of carbonyl (C=O) groups is 2. The highest BCUT2D eigenvalue weighted by Crippen LogP contribution is 2.37. The van der Waals surface area contributed by atoms with E-state index in [1.807, 2.05) is 13.8 Å². The highest BCUT2D eigenvalue weighted by atomic mass is 32.2. The number of benzene rings is 1. The van der Waals surface area contributed by atoms with Crippen molar-refractivity contribution in [2.24, 2.45) is 10.3 Å². The van der Waals surface area contributed by atoms with E-state index in [0.29, 0.717) is 33.4 Å². The monoisotopic (exact) mass is 538 g/mol. The molecular weight excluding hydrogens is 508 g/mol. The lowest BCUT2D eigenvalue weighted by molar-refractivity contribution is -0.117. The van der Waals surface area contributed by atoms with Crippen molar-refractivity contribution in [3.05, 3.63) is 42.4 Å². The molecule has 200 valence electrons. The number of carbonyl (C=O) groups excluding carboxylic acids is 2. The summed E-state index contributed by atoms with van der Waals surface area (Å²) in [5.41, 5.74) is 1.43. The van der Waals surface area contributed by atoms with Crippen molar-refractivity contribution in [2.75, 3.05) is 31.8 Å². The molecule has 1 unspecified atom stereocenters. The molecule has 12 nitrogen and oxygen atoms in total. The summed E-state index contributed by atoms with van der Waals surface area (Å²) in [5, 5.41) is 16.3. The van der Waals surface area contributed by atoms with Crippen molar-refractivity contribution in [1.82, 2.24) is 25.5 Å². The molecule has 0 spiro atoms. The average molecular weight is 539 g/mol. The van der Waals surface area contributed by atoms with Crippen molar-refractivity contribution in [3.63, 3.8) is 0 Å². The van der Waals surface area contributed by atoms with E-state index in [2.05, 4.69) is 40.5 Å². The molecule has 0 saturated heterocycles. The fourth-order valence-electron chi connectivity index (χ4n) is 3.78. The van der Waals surface area contributed by atoms with Crippen LogP contribution in [-0.4, -0.2) is 62.6 Å². The Hall–Kier alpha value is -4.13. The van der Waals surface area contributed by atoms with Gasteiger partial charge in [0.25, 0.3) is 5.91 Å². The summed E-state index contributed by atoms with van der Waals surface area (Å²) >= 11 is 0. The molecule has 1 atom stereocenters. The van der Waals surface area contributed by atoms with Gasteiger partial charge in [-0.25, -0.2) is 18.5 Å². The van der Waals surface area contributed by atoms with Gasteiger partial charge in [0.15, 0.2) is 23.1 Å². The van der Waals surface area contributed by atoms with E-state index in [1.54, 1.807) is 24.3 Å². The summed E-state index contributed by atoms with van der Waals surface area (Å²) in [6, 6.07) is 6.87. The van der Waals surface area contributed by atoms with Gasteiger partial charge in [-0.2, -0.15) is 0 Å². The lowest BCUT2D eigenvalue weighted by atomic mass is 10.1. The highest BCUT2D eigenvalue weighted by molar-refractivity contribution is 7.94. The summed E-state index contributed by atoms with van der Waals surface area (Å²) in [6.45, 7) is 3.68. The van der Waals surface area contributed by atoms with Gasteiger partial charge in [0.1, 0.15) is 0 Å². The molecule has 0 radical (unpaired) electrons. The van der Waals surface area contributed by atoms with Crippen LogP contribution in [0, 0.1) is 5.92 Å². The Morgan fingerprint density at radius 3 is 2.42 bits per heavy atom. The summed E-state index contributed by atoms with van der Waals surface area (Å²) < 4.78 is 23.0. The second kappa shape index (κ2) is 11.1. The van der Waals surface area contributed by atoms with Crippen LogP contribution in [0.4, 0.5) is 17.2 Å². The van der Waals surface area contributed by atoms with Crippen LogP contribution in [0.15, 0.2) is 45.9 Å². The third kappa shape index (κ3) is 5.42. The van der Waals surface area contributed by atoms with Crippen LogP contribution in [0.5, 0.6) is 5.75 Å². The smallest absolute Gasteiger partial charge is 0.273 e. The molecule has 3 N–H and O–H groups in total. The van der Waals surface area contributed by atoms with E-state index in [0.717, 1.165) is 12.8 Å². The number of hydrogen-bond donors (Lipinski definition) is 3. The molecule has 0 bridgehead atoms. The first-order valence-electron chi connectivity index (χ1n) is 12.0. The molecule has 13 heteroatoms. The number of aromatic nitrogens is 4. The fraction of sp³-hybridized carbons (Fsp3) is 0.360. The Kier molecular flexibility index (Phi) is 7.86. The molecule has 1 fully saturated rings. The third-order valence-corrected chi connectivity index (χ3v) is 8.75. The van der Waals surface area contributed by atoms with Crippen LogP contribution >= 0.6 is 0 Å². The zero-order valence-electron chi connectivity index (χ0n) is 21.8. The molecule has 1 aliphatic rings. The quantitative estimate of drug-likeness (QED) is 0.371. The van der Waals surface area contributed by atoms with Crippen molar-refractivity contribution in [2.45, 2.75) is 36.8 Å². The van der Waals surface area contributed by atoms with E-state index < -0.39 is 15.6 Å². The first kappa shape index (κ1) is 26.9. The Balaban J connectivity index is 1.71. The molecular formula is C25H30N8O4S.